The van der Waals surface area contributed by atoms with E-state index in [1.54, 1.807) is 20.2 Å². The normalized spacial score (nSPS) is 18.5. The van der Waals surface area contributed by atoms with Crippen molar-refractivity contribution in [1.29, 1.82) is 0 Å². The van der Waals surface area contributed by atoms with E-state index in [9.17, 15) is 14.0 Å². The molecular weight excluding hydrogens is 619 g/mol. The molecule has 0 aromatic heterocycles. The number of alkyl halides is 2. The Morgan fingerprint density at radius 2 is 1.76 bits per heavy atom. The molecule has 2 fully saturated rings. The number of carbonyl (C=O) groups is 2. The van der Waals surface area contributed by atoms with Crippen LogP contribution in [0.5, 0.6) is 5.75 Å². The van der Waals surface area contributed by atoms with E-state index in [-0.39, 0.29) is 42.3 Å². The lowest BCUT2D eigenvalue weighted by molar-refractivity contribution is -0.215. The van der Waals surface area contributed by atoms with Gasteiger partial charge in [0, 0.05) is 64.5 Å². The van der Waals surface area contributed by atoms with Crippen molar-refractivity contribution in [3.05, 3.63) is 71.0 Å². The van der Waals surface area contributed by atoms with Crippen LogP contribution in [0.4, 0.5) is 18.9 Å². The van der Waals surface area contributed by atoms with Gasteiger partial charge >= 0.3 is 0 Å². The van der Waals surface area contributed by atoms with Gasteiger partial charge in [-0.2, -0.15) is 0 Å². The number of nitrogens with zero attached hydrogens (tertiary/aromatic N) is 3. The minimum atomic E-state index is -3.69. The molecule has 0 N–H and O–H groups in total. The smallest absolute Gasteiger partial charge is 0.287 e. The van der Waals surface area contributed by atoms with Crippen molar-refractivity contribution >= 4 is 29.1 Å². The molecule has 2 amide bonds. The summed E-state index contributed by atoms with van der Waals surface area (Å²) in [5, 5.41) is 0.434. The number of rotatable bonds is 11. The predicted molar refractivity (Wildman–Crippen MR) is 174 cm³/mol. The second-order valence-electron chi connectivity index (χ2n) is 13.2. The maximum Gasteiger partial charge on any atom is 0.287 e. The largest absolute Gasteiger partial charge is 0.497 e. The molecule has 0 spiro atoms. The second kappa shape index (κ2) is 14.3. The van der Waals surface area contributed by atoms with Crippen molar-refractivity contribution < 1.29 is 32.2 Å². The first kappa shape index (κ1) is 35.6. The van der Waals surface area contributed by atoms with Gasteiger partial charge in [-0.25, -0.2) is 13.2 Å². The molecule has 2 aliphatic heterocycles. The van der Waals surface area contributed by atoms with Crippen molar-refractivity contribution in [1.82, 2.24) is 9.80 Å². The highest BCUT2D eigenvalue weighted by Gasteiger charge is 2.60. The van der Waals surface area contributed by atoms with Crippen LogP contribution in [-0.2, 0) is 15.1 Å². The van der Waals surface area contributed by atoms with Crippen molar-refractivity contribution in [2.45, 2.75) is 57.5 Å². The first-order valence-corrected chi connectivity index (χ1v) is 16.0. The Bertz CT molecular complexity index is 1420. The van der Waals surface area contributed by atoms with E-state index in [1.807, 2.05) is 12.1 Å². The molecule has 4 rings (SSSR count). The number of amides is 2. The van der Waals surface area contributed by atoms with E-state index < -0.39 is 23.2 Å². The van der Waals surface area contributed by atoms with Gasteiger partial charge in [-0.3, -0.25) is 9.59 Å². The minimum Gasteiger partial charge on any atom is -0.497 e. The molecule has 1 atom stereocenters. The van der Waals surface area contributed by atoms with Crippen molar-refractivity contribution in [3.63, 3.8) is 0 Å². The molecule has 46 heavy (non-hydrogen) atoms. The highest BCUT2D eigenvalue weighted by Crippen LogP contribution is 2.46. The van der Waals surface area contributed by atoms with Gasteiger partial charge in [-0.1, -0.05) is 24.6 Å². The van der Waals surface area contributed by atoms with Crippen LogP contribution in [0.1, 0.15) is 61.9 Å². The Balaban J connectivity index is 1.42. The molecule has 252 valence electrons. The minimum absolute atomic E-state index is 0.00966. The Kier molecular flexibility index (Phi) is 11.0. The summed E-state index contributed by atoms with van der Waals surface area (Å²) in [5.41, 5.74) is -1.65. The summed E-state index contributed by atoms with van der Waals surface area (Å²) in [6, 6.07) is 8.77. The van der Waals surface area contributed by atoms with Crippen LogP contribution in [0.3, 0.4) is 0 Å². The third-order valence-corrected chi connectivity index (χ3v) is 9.77. The van der Waals surface area contributed by atoms with Crippen molar-refractivity contribution in [2.24, 2.45) is 11.3 Å². The number of methoxy groups -OCH3 is 1. The standard InChI is InChI=1S/C35H45ClF3N3O4/c1-7-18-46-35(34(3,38)39,25-19-26(37)21-28(20-25)45-6)32(44)42-16-12-33(2,13-17-42)23-24-10-14-41(15-11-24)27-8-9-29(30(36)22-27)31(43)40(4)5/h7-9,19-22,24H,1,10-18,23H2,2-6H3. The summed E-state index contributed by atoms with van der Waals surface area (Å²) in [6.07, 6.45) is 5.51. The molecule has 2 aliphatic rings. The molecule has 2 heterocycles. The summed E-state index contributed by atoms with van der Waals surface area (Å²) in [6.45, 7) is 8.34. The van der Waals surface area contributed by atoms with E-state index >= 15 is 8.78 Å². The summed E-state index contributed by atoms with van der Waals surface area (Å²) in [5.74, 6) is -5.05. The van der Waals surface area contributed by atoms with Crippen LogP contribution in [0.25, 0.3) is 0 Å². The van der Waals surface area contributed by atoms with Gasteiger partial charge in [0.05, 0.1) is 24.3 Å². The topological polar surface area (TPSA) is 62.3 Å². The number of anilines is 1. The number of hydrogen-bond donors (Lipinski definition) is 0. The number of likely N-dealkylation sites (tertiary alicyclic amines) is 1. The maximum absolute atomic E-state index is 15.5. The maximum atomic E-state index is 15.5. The fourth-order valence-electron chi connectivity index (χ4n) is 6.79. The second-order valence-corrected chi connectivity index (χ2v) is 13.6. The van der Waals surface area contributed by atoms with Crippen LogP contribution >= 0.6 is 11.6 Å². The van der Waals surface area contributed by atoms with Gasteiger partial charge in [0.2, 0.25) is 5.60 Å². The number of halogens is 4. The Morgan fingerprint density at radius 3 is 2.30 bits per heavy atom. The van der Waals surface area contributed by atoms with E-state index in [1.165, 1.54) is 29.1 Å². The summed E-state index contributed by atoms with van der Waals surface area (Å²) in [7, 11) is 4.69. The predicted octanol–water partition coefficient (Wildman–Crippen LogP) is 7.18. The van der Waals surface area contributed by atoms with Gasteiger partial charge in [-0.15, -0.1) is 6.58 Å². The zero-order valence-corrected chi connectivity index (χ0v) is 28.1. The molecule has 2 saturated heterocycles. The number of benzene rings is 2. The monoisotopic (exact) mass is 663 g/mol. The molecular formula is C35H45ClF3N3O4. The van der Waals surface area contributed by atoms with Gasteiger partial charge in [-0.05, 0) is 73.8 Å². The summed E-state index contributed by atoms with van der Waals surface area (Å²) < 4.78 is 56.4. The van der Waals surface area contributed by atoms with Gasteiger partial charge in [0.15, 0.2) is 0 Å². The third-order valence-electron chi connectivity index (χ3n) is 9.46. The molecule has 2 aromatic carbocycles. The van der Waals surface area contributed by atoms with Gasteiger partial charge < -0.3 is 24.2 Å². The average Bonchev–Trinajstić information content (AvgIpc) is 3.00. The van der Waals surface area contributed by atoms with Gasteiger partial charge in [0.1, 0.15) is 11.6 Å². The zero-order valence-electron chi connectivity index (χ0n) is 27.4. The Labute approximate surface area is 275 Å². The van der Waals surface area contributed by atoms with Crippen molar-refractivity contribution in [3.8, 4) is 5.75 Å². The molecule has 0 aliphatic carbocycles. The molecule has 7 nitrogen and oxygen atoms in total. The number of piperidine rings is 2. The molecule has 1 unspecified atom stereocenters. The van der Waals surface area contributed by atoms with Crippen LogP contribution in [0.2, 0.25) is 5.02 Å². The summed E-state index contributed by atoms with van der Waals surface area (Å²) in [4.78, 5) is 31.6. The van der Waals surface area contributed by atoms with E-state index in [4.69, 9.17) is 21.1 Å². The molecule has 0 saturated carbocycles. The van der Waals surface area contributed by atoms with Crippen LogP contribution in [0, 0.1) is 17.2 Å². The summed E-state index contributed by atoms with van der Waals surface area (Å²) >= 11 is 6.45. The Hall–Kier alpha value is -3.24. The number of carbonyl (C=O) groups excluding carboxylic acids is 2. The average molecular weight is 664 g/mol. The third kappa shape index (κ3) is 7.49. The molecule has 11 heteroatoms. The van der Waals surface area contributed by atoms with Crippen molar-refractivity contribution in [2.75, 3.05) is 58.9 Å². The number of ether oxygens (including phenoxy) is 2. The molecule has 2 aromatic rings. The van der Waals surface area contributed by atoms with Crippen LogP contribution < -0.4 is 9.64 Å². The fourth-order valence-corrected chi connectivity index (χ4v) is 7.04. The lowest BCUT2D eigenvalue weighted by Crippen LogP contribution is -2.59. The highest BCUT2D eigenvalue weighted by atomic mass is 35.5. The lowest BCUT2D eigenvalue weighted by atomic mass is 9.71. The Morgan fingerprint density at radius 1 is 1.11 bits per heavy atom. The number of hydrogen-bond acceptors (Lipinski definition) is 5. The van der Waals surface area contributed by atoms with Crippen LogP contribution in [-0.4, -0.2) is 81.5 Å². The fraction of sp³-hybridized carbons (Fsp3) is 0.543. The first-order valence-electron chi connectivity index (χ1n) is 15.7. The SMILES string of the molecule is C=CCOC(C(=O)N1CCC(C)(CC2CCN(c3ccc(C(=O)N(C)C)c(Cl)c3)CC2)CC1)(c1cc(F)cc(OC)c1)C(C)(F)F. The highest BCUT2D eigenvalue weighted by molar-refractivity contribution is 6.34. The zero-order chi connectivity index (χ0) is 33.9. The van der Waals surface area contributed by atoms with E-state index in [0.29, 0.717) is 36.3 Å². The van der Waals surface area contributed by atoms with E-state index in [2.05, 4.69) is 18.4 Å². The quantitative estimate of drug-likeness (QED) is 0.239. The van der Waals surface area contributed by atoms with Crippen LogP contribution in [0.15, 0.2) is 49.1 Å². The first-order chi connectivity index (χ1) is 21.6. The lowest BCUT2D eigenvalue weighted by Gasteiger charge is -2.46. The van der Waals surface area contributed by atoms with Gasteiger partial charge in [0.25, 0.3) is 17.7 Å². The molecule has 0 radical (unpaired) electrons. The molecule has 0 bridgehead atoms. The van der Waals surface area contributed by atoms with E-state index in [0.717, 1.165) is 50.2 Å².